The summed E-state index contributed by atoms with van der Waals surface area (Å²) in [5, 5.41) is 0. The van der Waals surface area contributed by atoms with Gasteiger partial charge >= 0.3 is 0 Å². The number of rotatable bonds is 1. The molecule has 1 aromatic carbocycles. The van der Waals surface area contributed by atoms with Gasteiger partial charge in [-0.15, -0.1) is 0 Å². The summed E-state index contributed by atoms with van der Waals surface area (Å²) < 4.78 is 16.6. The van der Waals surface area contributed by atoms with E-state index in [1.807, 2.05) is 0 Å². The van der Waals surface area contributed by atoms with Gasteiger partial charge in [0.2, 0.25) is 6.79 Å². The summed E-state index contributed by atoms with van der Waals surface area (Å²) >= 11 is 0. The molecule has 0 spiro atoms. The van der Waals surface area contributed by atoms with Gasteiger partial charge in [-0.25, -0.2) is 0 Å². The van der Waals surface area contributed by atoms with E-state index in [2.05, 4.69) is 23.1 Å². The number of ether oxygens (including phenoxy) is 3. The molecule has 0 fully saturated rings. The highest BCUT2D eigenvalue weighted by atomic mass is 16.7. The zero-order valence-corrected chi connectivity index (χ0v) is 13.4. The summed E-state index contributed by atoms with van der Waals surface area (Å²) in [5.41, 5.74) is 5.93. The third-order valence-electron chi connectivity index (χ3n) is 5.63. The summed E-state index contributed by atoms with van der Waals surface area (Å²) in [6.45, 7) is 2.58. The molecule has 0 amide bonds. The molecule has 23 heavy (non-hydrogen) atoms. The molecule has 1 unspecified atom stereocenters. The van der Waals surface area contributed by atoms with E-state index in [0.29, 0.717) is 12.8 Å². The average molecular weight is 311 g/mol. The van der Waals surface area contributed by atoms with Crippen LogP contribution in [0.2, 0.25) is 0 Å². The topological polar surface area (TPSA) is 30.9 Å². The van der Waals surface area contributed by atoms with Crippen LogP contribution in [0.25, 0.3) is 0 Å². The van der Waals surface area contributed by atoms with Crippen molar-refractivity contribution in [2.45, 2.75) is 31.7 Å². The van der Waals surface area contributed by atoms with Crippen LogP contribution in [-0.2, 0) is 11.2 Å². The van der Waals surface area contributed by atoms with Crippen molar-refractivity contribution in [3.8, 4) is 11.5 Å². The van der Waals surface area contributed by atoms with Crippen molar-refractivity contribution in [2.75, 3.05) is 27.0 Å². The van der Waals surface area contributed by atoms with Crippen molar-refractivity contribution < 1.29 is 14.2 Å². The summed E-state index contributed by atoms with van der Waals surface area (Å²) in [6.07, 6.45) is 6.64. The van der Waals surface area contributed by atoms with Gasteiger partial charge in [0, 0.05) is 25.6 Å². The minimum atomic E-state index is 0.349. The minimum Gasteiger partial charge on any atom is -0.501 e. The first-order valence-corrected chi connectivity index (χ1v) is 8.44. The molecule has 5 rings (SSSR count). The number of benzene rings is 1. The van der Waals surface area contributed by atoms with E-state index in [0.717, 1.165) is 56.0 Å². The second kappa shape index (κ2) is 5.03. The SMILES string of the molecule is COC1=CC2=C(CC1)CN1CCc3cc4c(cc3C1C2)OCO4. The zero-order valence-electron chi connectivity index (χ0n) is 13.4. The van der Waals surface area contributed by atoms with Crippen molar-refractivity contribution in [3.63, 3.8) is 0 Å². The molecule has 0 radical (unpaired) electrons. The smallest absolute Gasteiger partial charge is 0.231 e. The Labute approximate surface area is 136 Å². The van der Waals surface area contributed by atoms with Crippen LogP contribution in [0, 0.1) is 0 Å². The lowest BCUT2D eigenvalue weighted by Gasteiger charge is -2.43. The van der Waals surface area contributed by atoms with E-state index in [4.69, 9.17) is 14.2 Å². The number of fused-ring (bicyclic) bond motifs is 4. The summed E-state index contributed by atoms with van der Waals surface area (Å²) in [5.74, 6) is 2.94. The maximum atomic E-state index is 5.60. The van der Waals surface area contributed by atoms with E-state index in [9.17, 15) is 0 Å². The van der Waals surface area contributed by atoms with Gasteiger partial charge in [-0.1, -0.05) is 5.57 Å². The van der Waals surface area contributed by atoms with E-state index >= 15 is 0 Å². The number of allylic oxidation sites excluding steroid dienone is 2. The van der Waals surface area contributed by atoms with Crippen LogP contribution < -0.4 is 9.47 Å². The van der Waals surface area contributed by atoms with Crippen LogP contribution in [0.3, 0.4) is 0 Å². The Morgan fingerprint density at radius 3 is 2.87 bits per heavy atom. The van der Waals surface area contributed by atoms with E-state index in [1.165, 1.54) is 16.7 Å². The Balaban J connectivity index is 1.53. The first-order chi connectivity index (χ1) is 11.3. The molecular formula is C19H21NO3. The predicted octanol–water partition coefficient (Wildman–Crippen LogP) is 3.34. The molecule has 4 aliphatic rings. The lowest BCUT2D eigenvalue weighted by atomic mass is 9.81. The number of methoxy groups -OCH3 is 1. The van der Waals surface area contributed by atoms with Gasteiger partial charge in [0.25, 0.3) is 0 Å². The van der Waals surface area contributed by atoms with Crippen molar-refractivity contribution in [1.29, 1.82) is 0 Å². The lowest BCUT2D eigenvalue weighted by Crippen LogP contribution is -2.40. The fourth-order valence-electron chi connectivity index (χ4n) is 4.37. The van der Waals surface area contributed by atoms with Gasteiger partial charge < -0.3 is 14.2 Å². The quantitative estimate of drug-likeness (QED) is 0.796. The molecule has 4 heteroatoms. The Kier molecular flexibility index (Phi) is 2.95. The lowest BCUT2D eigenvalue weighted by molar-refractivity contribution is 0.173. The first-order valence-electron chi connectivity index (χ1n) is 8.44. The van der Waals surface area contributed by atoms with Gasteiger partial charge in [0.05, 0.1) is 12.9 Å². The maximum Gasteiger partial charge on any atom is 0.231 e. The predicted molar refractivity (Wildman–Crippen MR) is 86.6 cm³/mol. The standard InChI is InChI=1S/C19H21NO3/c1-21-15-3-2-13-10-20-5-4-12-8-18-19(23-11-22-18)9-16(12)17(20)7-14(13)6-15/h6,8-9,17H,2-5,7,10-11H2,1H3. The molecule has 0 bridgehead atoms. The van der Waals surface area contributed by atoms with Gasteiger partial charge in [0.15, 0.2) is 11.5 Å². The van der Waals surface area contributed by atoms with Crippen molar-refractivity contribution in [2.24, 2.45) is 0 Å². The van der Waals surface area contributed by atoms with Crippen LogP contribution in [0.15, 0.2) is 35.1 Å². The van der Waals surface area contributed by atoms with Gasteiger partial charge in [-0.3, -0.25) is 4.90 Å². The summed E-state index contributed by atoms with van der Waals surface area (Å²) in [4.78, 5) is 2.63. The monoisotopic (exact) mass is 311 g/mol. The number of hydrogen-bond donors (Lipinski definition) is 0. The van der Waals surface area contributed by atoms with Crippen LogP contribution >= 0.6 is 0 Å². The Hall–Kier alpha value is -1.94. The van der Waals surface area contributed by atoms with E-state index in [-0.39, 0.29) is 0 Å². The molecule has 120 valence electrons. The molecule has 0 saturated heterocycles. The third kappa shape index (κ3) is 2.08. The molecule has 0 saturated carbocycles. The normalized spacial score (nSPS) is 25.4. The fraction of sp³-hybridized carbons (Fsp3) is 0.474. The fourth-order valence-corrected chi connectivity index (χ4v) is 4.37. The zero-order chi connectivity index (χ0) is 15.4. The average Bonchev–Trinajstić information content (AvgIpc) is 3.05. The molecule has 1 aromatic rings. The summed E-state index contributed by atoms with van der Waals surface area (Å²) in [7, 11) is 1.78. The van der Waals surface area contributed by atoms with Gasteiger partial charge in [0.1, 0.15) is 0 Å². The molecular weight excluding hydrogens is 290 g/mol. The number of nitrogens with zero attached hydrogens (tertiary/aromatic N) is 1. The van der Waals surface area contributed by atoms with Crippen LogP contribution in [0.1, 0.15) is 36.4 Å². The highest BCUT2D eigenvalue weighted by molar-refractivity contribution is 5.52. The minimum absolute atomic E-state index is 0.349. The Bertz CT molecular complexity index is 734. The third-order valence-corrected chi connectivity index (χ3v) is 5.63. The summed E-state index contributed by atoms with van der Waals surface area (Å²) in [6, 6.07) is 4.86. The van der Waals surface area contributed by atoms with E-state index in [1.54, 1.807) is 12.7 Å². The second-order valence-electron chi connectivity index (χ2n) is 6.79. The van der Waals surface area contributed by atoms with Gasteiger partial charge in [-0.2, -0.15) is 0 Å². The number of hydrogen-bond acceptors (Lipinski definition) is 4. The van der Waals surface area contributed by atoms with Crippen molar-refractivity contribution in [1.82, 2.24) is 4.90 Å². The molecule has 3 aliphatic heterocycles. The van der Waals surface area contributed by atoms with Crippen molar-refractivity contribution in [3.05, 3.63) is 46.2 Å². The first kappa shape index (κ1) is 13.5. The van der Waals surface area contributed by atoms with Crippen molar-refractivity contribution >= 4 is 0 Å². The molecule has 1 atom stereocenters. The molecule has 4 nitrogen and oxygen atoms in total. The molecule has 0 aromatic heterocycles. The highest BCUT2D eigenvalue weighted by Crippen LogP contribution is 2.46. The van der Waals surface area contributed by atoms with Crippen LogP contribution in [-0.4, -0.2) is 31.9 Å². The molecule has 0 N–H and O–H groups in total. The van der Waals surface area contributed by atoms with Crippen LogP contribution in [0.4, 0.5) is 0 Å². The van der Waals surface area contributed by atoms with Gasteiger partial charge in [-0.05, 0) is 54.2 Å². The van der Waals surface area contributed by atoms with E-state index < -0.39 is 0 Å². The highest BCUT2D eigenvalue weighted by Gasteiger charge is 2.35. The van der Waals surface area contributed by atoms with Crippen LogP contribution in [0.5, 0.6) is 11.5 Å². The largest absolute Gasteiger partial charge is 0.501 e. The Morgan fingerprint density at radius 2 is 2.00 bits per heavy atom. The Morgan fingerprint density at radius 1 is 1.13 bits per heavy atom. The maximum absolute atomic E-state index is 5.60. The molecule has 3 heterocycles. The molecule has 1 aliphatic carbocycles. The second-order valence-corrected chi connectivity index (χ2v) is 6.79.